The fraction of sp³-hybridized carbons (Fsp3) is 0.357. The number of rotatable bonds is 2. The Morgan fingerprint density at radius 1 is 1.18 bits per heavy atom. The van der Waals surface area contributed by atoms with Crippen molar-refractivity contribution in [2.45, 2.75) is 25.7 Å². The minimum absolute atomic E-state index is 1.05. The Bertz CT molecular complexity index is 551. The molecule has 1 aromatic heterocycles. The summed E-state index contributed by atoms with van der Waals surface area (Å²) >= 11 is 0. The second-order valence-corrected chi connectivity index (χ2v) is 4.44. The van der Waals surface area contributed by atoms with Gasteiger partial charge in [-0.25, -0.2) is 0 Å². The van der Waals surface area contributed by atoms with Crippen LogP contribution in [0, 0.1) is 0 Å². The summed E-state index contributed by atoms with van der Waals surface area (Å²) in [6, 6.07) is 8.23. The summed E-state index contributed by atoms with van der Waals surface area (Å²) in [4.78, 5) is 9.89. The van der Waals surface area contributed by atoms with E-state index in [2.05, 4.69) is 17.6 Å². The zero-order chi connectivity index (χ0) is 11.7. The number of nitrogens with zero attached hydrogens (tertiary/aromatic N) is 1. The third-order valence-corrected chi connectivity index (χ3v) is 3.37. The molecule has 0 saturated heterocycles. The molecule has 0 radical (unpaired) electrons. The van der Waals surface area contributed by atoms with Crippen LogP contribution < -0.4 is 5.48 Å². The second kappa shape index (κ2) is 4.34. The largest absolute Gasteiger partial charge is 0.279 e. The van der Waals surface area contributed by atoms with Gasteiger partial charge in [0.1, 0.15) is 0 Å². The van der Waals surface area contributed by atoms with Gasteiger partial charge in [0.2, 0.25) is 0 Å². The van der Waals surface area contributed by atoms with Crippen molar-refractivity contribution in [2.75, 3.05) is 12.6 Å². The Labute approximate surface area is 101 Å². The lowest BCUT2D eigenvalue weighted by Gasteiger charge is -2.20. The molecule has 1 N–H and O–H groups in total. The molecular formula is C14H16N2O. The SMILES string of the molecule is CONc1c2c(nc3ccccc13)CCCC2. The lowest BCUT2D eigenvalue weighted by molar-refractivity contribution is 0.271. The average molecular weight is 228 g/mol. The maximum absolute atomic E-state index is 5.12. The molecule has 0 aliphatic heterocycles. The van der Waals surface area contributed by atoms with Crippen LogP contribution in [0.4, 0.5) is 5.69 Å². The summed E-state index contributed by atoms with van der Waals surface area (Å²) in [7, 11) is 1.66. The van der Waals surface area contributed by atoms with Crippen molar-refractivity contribution >= 4 is 16.6 Å². The molecule has 1 aromatic carbocycles. The lowest BCUT2D eigenvalue weighted by atomic mass is 9.93. The van der Waals surface area contributed by atoms with Crippen LogP contribution in [0.2, 0.25) is 0 Å². The summed E-state index contributed by atoms with van der Waals surface area (Å²) in [5.41, 5.74) is 7.75. The molecule has 1 aliphatic carbocycles. The van der Waals surface area contributed by atoms with E-state index in [1.54, 1.807) is 7.11 Å². The van der Waals surface area contributed by atoms with Crippen molar-refractivity contribution in [3.63, 3.8) is 0 Å². The summed E-state index contributed by atoms with van der Waals surface area (Å²) in [6.45, 7) is 0. The molecule has 3 rings (SSSR count). The van der Waals surface area contributed by atoms with E-state index in [-0.39, 0.29) is 0 Å². The summed E-state index contributed by atoms with van der Waals surface area (Å²) in [5, 5.41) is 1.15. The first-order valence-corrected chi connectivity index (χ1v) is 6.09. The number of fused-ring (bicyclic) bond motifs is 2. The molecule has 2 aromatic rings. The topological polar surface area (TPSA) is 34.1 Å². The van der Waals surface area contributed by atoms with Gasteiger partial charge in [-0.15, -0.1) is 0 Å². The van der Waals surface area contributed by atoms with Gasteiger partial charge in [0.25, 0.3) is 0 Å². The van der Waals surface area contributed by atoms with Gasteiger partial charge in [-0.1, -0.05) is 18.2 Å². The molecule has 3 heteroatoms. The number of pyridine rings is 1. The highest BCUT2D eigenvalue weighted by Crippen LogP contribution is 2.32. The Kier molecular flexibility index (Phi) is 2.69. The van der Waals surface area contributed by atoms with E-state index in [9.17, 15) is 0 Å². The third kappa shape index (κ3) is 1.76. The predicted octanol–water partition coefficient (Wildman–Crippen LogP) is 3.09. The van der Waals surface area contributed by atoms with Gasteiger partial charge in [0.05, 0.1) is 18.3 Å². The van der Waals surface area contributed by atoms with E-state index in [4.69, 9.17) is 9.82 Å². The highest BCUT2D eigenvalue weighted by Gasteiger charge is 2.17. The molecule has 1 heterocycles. The molecule has 0 atom stereocenters. The lowest BCUT2D eigenvalue weighted by Crippen LogP contribution is -2.10. The highest BCUT2D eigenvalue weighted by atomic mass is 16.6. The third-order valence-electron chi connectivity index (χ3n) is 3.37. The van der Waals surface area contributed by atoms with Crippen molar-refractivity contribution in [3.05, 3.63) is 35.5 Å². The van der Waals surface area contributed by atoms with Gasteiger partial charge in [-0.3, -0.25) is 15.3 Å². The number of aromatic nitrogens is 1. The van der Waals surface area contributed by atoms with E-state index in [1.807, 2.05) is 12.1 Å². The molecule has 0 amide bonds. The molecule has 0 saturated carbocycles. The number of para-hydroxylation sites is 1. The van der Waals surface area contributed by atoms with Crippen LogP contribution in [-0.4, -0.2) is 12.1 Å². The molecule has 17 heavy (non-hydrogen) atoms. The smallest absolute Gasteiger partial charge is 0.0748 e. The minimum Gasteiger partial charge on any atom is -0.279 e. The van der Waals surface area contributed by atoms with Gasteiger partial charge in [0, 0.05) is 11.1 Å². The fourth-order valence-corrected chi connectivity index (χ4v) is 2.59. The quantitative estimate of drug-likeness (QED) is 0.802. The minimum atomic E-state index is 1.05. The van der Waals surface area contributed by atoms with Crippen LogP contribution in [0.15, 0.2) is 24.3 Å². The summed E-state index contributed by atoms with van der Waals surface area (Å²) in [5.74, 6) is 0. The standard InChI is InChI=1S/C14H16N2O/c1-17-16-14-10-6-2-4-8-12(10)15-13-9-5-3-7-11(13)14/h2,4,6,8H,3,5,7,9H2,1H3,(H,15,16). The molecule has 0 spiro atoms. The fourth-order valence-electron chi connectivity index (χ4n) is 2.59. The Morgan fingerprint density at radius 3 is 2.88 bits per heavy atom. The molecule has 3 nitrogen and oxygen atoms in total. The molecule has 0 bridgehead atoms. The maximum atomic E-state index is 5.12. The molecule has 88 valence electrons. The number of nitrogens with one attached hydrogen (secondary N) is 1. The zero-order valence-corrected chi connectivity index (χ0v) is 9.99. The normalized spacial score (nSPS) is 14.6. The predicted molar refractivity (Wildman–Crippen MR) is 69.0 cm³/mol. The molecule has 1 aliphatic rings. The van der Waals surface area contributed by atoms with E-state index in [0.29, 0.717) is 0 Å². The second-order valence-electron chi connectivity index (χ2n) is 4.44. The Morgan fingerprint density at radius 2 is 2.00 bits per heavy atom. The van der Waals surface area contributed by atoms with Crippen LogP contribution in [0.25, 0.3) is 10.9 Å². The zero-order valence-electron chi connectivity index (χ0n) is 9.99. The van der Waals surface area contributed by atoms with Crippen molar-refractivity contribution < 1.29 is 4.84 Å². The van der Waals surface area contributed by atoms with E-state index >= 15 is 0 Å². The average Bonchev–Trinajstić information content (AvgIpc) is 2.39. The van der Waals surface area contributed by atoms with E-state index < -0.39 is 0 Å². The van der Waals surface area contributed by atoms with Crippen LogP contribution in [0.1, 0.15) is 24.1 Å². The number of aryl methyl sites for hydroxylation is 1. The van der Waals surface area contributed by atoms with E-state index in [1.165, 1.54) is 24.1 Å². The monoisotopic (exact) mass is 228 g/mol. The van der Waals surface area contributed by atoms with Crippen molar-refractivity contribution in [1.29, 1.82) is 0 Å². The molecule has 0 fully saturated rings. The summed E-state index contributed by atoms with van der Waals surface area (Å²) < 4.78 is 0. The maximum Gasteiger partial charge on any atom is 0.0748 e. The molecular weight excluding hydrogens is 212 g/mol. The van der Waals surface area contributed by atoms with Gasteiger partial charge in [0.15, 0.2) is 0 Å². The Balaban J connectivity index is 2.28. The van der Waals surface area contributed by atoms with E-state index in [0.717, 1.165) is 29.4 Å². The Hall–Kier alpha value is -1.61. The van der Waals surface area contributed by atoms with Gasteiger partial charge in [-0.2, -0.15) is 0 Å². The number of benzene rings is 1. The van der Waals surface area contributed by atoms with Gasteiger partial charge in [-0.05, 0) is 37.3 Å². The first kappa shape index (κ1) is 10.5. The highest BCUT2D eigenvalue weighted by molar-refractivity contribution is 5.93. The van der Waals surface area contributed by atoms with Crippen LogP contribution in [0.3, 0.4) is 0 Å². The first-order valence-electron chi connectivity index (χ1n) is 6.09. The van der Waals surface area contributed by atoms with Crippen molar-refractivity contribution in [3.8, 4) is 0 Å². The van der Waals surface area contributed by atoms with Crippen molar-refractivity contribution in [1.82, 2.24) is 4.98 Å². The number of hydrogen-bond acceptors (Lipinski definition) is 3. The number of hydrogen-bond donors (Lipinski definition) is 1. The first-order chi connectivity index (χ1) is 8.40. The van der Waals surface area contributed by atoms with Gasteiger partial charge >= 0.3 is 0 Å². The van der Waals surface area contributed by atoms with Crippen LogP contribution in [0.5, 0.6) is 0 Å². The molecule has 0 unspecified atom stereocenters. The van der Waals surface area contributed by atoms with Crippen molar-refractivity contribution in [2.24, 2.45) is 0 Å². The number of anilines is 1. The van der Waals surface area contributed by atoms with Crippen LogP contribution >= 0.6 is 0 Å². The van der Waals surface area contributed by atoms with Crippen LogP contribution in [-0.2, 0) is 17.7 Å². The summed E-state index contributed by atoms with van der Waals surface area (Å²) in [6.07, 6.45) is 4.66. The van der Waals surface area contributed by atoms with Gasteiger partial charge < -0.3 is 0 Å².